The Morgan fingerprint density at radius 3 is 2.58 bits per heavy atom. The van der Waals surface area contributed by atoms with Gasteiger partial charge in [-0.3, -0.25) is 4.79 Å². The van der Waals surface area contributed by atoms with Crippen molar-refractivity contribution in [3.05, 3.63) is 65.7 Å². The molecule has 24 heavy (non-hydrogen) atoms. The lowest BCUT2D eigenvalue weighted by Gasteiger charge is -2.07. The van der Waals surface area contributed by atoms with Gasteiger partial charge in [-0.25, -0.2) is 0 Å². The van der Waals surface area contributed by atoms with Crippen molar-refractivity contribution in [2.24, 2.45) is 0 Å². The van der Waals surface area contributed by atoms with Gasteiger partial charge >= 0.3 is 0 Å². The van der Waals surface area contributed by atoms with Crippen molar-refractivity contribution in [1.82, 2.24) is 0 Å². The van der Waals surface area contributed by atoms with Crippen molar-refractivity contribution in [2.75, 3.05) is 6.61 Å². The van der Waals surface area contributed by atoms with E-state index in [2.05, 4.69) is 6.92 Å². The fraction of sp³-hybridized carbons (Fsp3) is 0.286. The molecule has 0 radical (unpaired) electrons. The molecule has 2 rings (SSSR count). The van der Waals surface area contributed by atoms with Gasteiger partial charge in [0.2, 0.25) is 0 Å². The average Bonchev–Trinajstić information content (AvgIpc) is 2.61. The minimum Gasteiger partial charge on any atom is -0.507 e. The van der Waals surface area contributed by atoms with Gasteiger partial charge in [0.15, 0.2) is 5.78 Å². The van der Waals surface area contributed by atoms with Crippen LogP contribution in [0.3, 0.4) is 0 Å². The summed E-state index contributed by atoms with van der Waals surface area (Å²) >= 11 is 0. The fourth-order valence-electron chi connectivity index (χ4n) is 2.34. The van der Waals surface area contributed by atoms with Crippen LogP contribution in [0.4, 0.5) is 0 Å². The molecule has 0 bridgehead atoms. The van der Waals surface area contributed by atoms with E-state index in [1.54, 1.807) is 30.3 Å². The minimum absolute atomic E-state index is 0.0914. The average molecular weight is 324 g/mol. The lowest BCUT2D eigenvalue weighted by molar-refractivity contribution is 0.104. The largest absolute Gasteiger partial charge is 0.507 e. The second-order valence-corrected chi connectivity index (χ2v) is 5.69. The Morgan fingerprint density at radius 1 is 1.08 bits per heavy atom. The standard InChI is InChI=1S/C21H24O3/c1-2-3-4-8-15-24-19-13-11-18(21(23)16-19)12-14-20(22)17-9-6-5-7-10-17/h5-7,9-14,16,23H,2-4,8,15H2,1H3/b14-12+. The van der Waals surface area contributed by atoms with Gasteiger partial charge in [-0.2, -0.15) is 0 Å². The van der Waals surface area contributed by atoms with Gasteiger partial charge < -0.3 is 9.84 Å². The van der Waals surface area contributed by atoms with Crippen LogP contribution in [0, 0.1) is 0 Å². The highest BCUT2D eigenvalue weighted by Gasteiger charge is 2.03. The summed E-state index contributed by atoms with van der Waals surface area (Å²) in [5.74, 6) is 0.667. The molecule has 0 aliphatic rings. The maximum absolute atomic E-state index is 12.0. The number of carbonyl (C=O) groups excluding carboxylic acids is 1. The van der Waals surface area contributed by atoms with E-state index in [1.807, 2.05) is 24.3 Å². The smallest absolute Gasteiger partial charge is 0.185 e. The van der Waals surface area contributed by atoms with Gasteiger partial charge in [-0.05, 0) is 30.7 Å². The van der Waals surface area contributed by atoms with Gasteiger partial charge in [0.25, 0.3) is 0 Å². The van der Waals surface area contributed by atoms with Crippen molar-refractivity contribution in [3.63, 3.8) is 0 Å². The first-order chi connectivity index (χ1) is 11.7. The van der Waals surface area contributed by atoms with Crippen LogP contribution in [0.15, 0.2) is 54.6 Å². The van der Waals surface area contributed by atoms with Gasteiger partial charge in [0.1, 0.15) is 11.5 Å². The molecule has 1 N–H and O–H groups in total. The monoisotopic (exact) mass is 324 g/mol. The molecule has 0 aliphatic heterocycles. The number of aromatic hydroxyl groups is 1. The lowest BCUT2D eigenvalue weighted by Crippen LogP contribution is -1.97. The first kappa shape index (κ1) is 17.8. The van der Waals surface area contributed by atoms with Crippen molar-refractivity contribution < 1.29 is 14.6 Å². The number of phenols is 1. The van der Waals surface area contributed by atoms with Crippen LogP contribution >= 0.6 is 0 Å². The van der Waals surface area contributed by atoms with E-state index >= 15 is 0 Å². The molecule has 2 aromatic carbocycles. The summed E-state index contributed by atoms with van der Waals surface area (Å²) in [6, 6.07) is 14.2. The lowest BCUT2D eigenvalue weighted by atomic mass is 10.1. The van der Waals surface area contributed by atoms with Crippen LogP contribution in [0.2, 0.25) is 0 Å². The SMILES string of the molecule is CCCCCCOc1ccc(/C=C/C(=O)c2ccccc2)c(O)c1. The first-order valence-corrected chi connectivity index (χ1v) is 8.44. The van der Waals surface area contributed by atoms with Crippen LogP contribution in [-0.4, -0.2) is 17.5 Å². The molecule has 0 fully saturated rings. The number of allylic oxidation sites excluding steroid dienone is 1. The molecule has 0 spiro atoms. The Labute approximate surface area is 143 Å². The number of benzene rings is 2. The highest BCUT2D eigenvalue weighted by molar-refractivity contribution is 6.06. The molecular weight excluding hydrogens is 300 g/mol. The van der Waals surface area contributed by atoms with E-state index in [1.165, 1.54) is 18.9 Å². The number of ketones is 1. The molecule has 0 saturated heterocycles. The van der Waals surface area contributed by atoms with Gasteiger partial charge in [0.05, 0.1) is 6.61 Å². The Kier molecular flexibility index (Phi) is 7.09. The third kappa shape index (κ3) is 5.58. The quantitative estimate of drug-likeness (QED) is 0.389. The molecule has 126 valence electrons. The fourth-order valence-corrected chi connectivity index (χ4v) is 2.34. The maximum atomic E-state index is 12.0. The van der Waals surface area contributed by atoms with Crippen LogP contribution in [0.25, 0.3) is 6.08 Å². The Balaban J connectivity index is 1.92. The van der Waals surface area contributed by atoms with E-state index in [0.29, 0.717) is 23.5 Å². The molecular formula is C21H24O3. The number of hydrogen-bond acceptors (Lipinski definition) is 3. The van der Waals surface area contributed by atoms with Crippen molar-refractivity contribution in [3.8, 4) is 11.5 Å². The van der Waals surface area contributed by atoms with Crippen LogP contribution < -0.4 is 4.74 Å². The molecule has 3 heteroatoms. The van der Waals surface area contributed by atoms with Crippen LogP contribution in [-0.2, 0) is 0 Å². The third-order valence-electron chi connectivity index (χ3n) is 3.74. The van der Waals surface area contributed by atoms with E-state index in [0.717, 1.165) is 12.8 Å². The number of phenolic OH excluding ortho intramolecular Hbond substituents is 1. The second-order valence-electron chi connectivity index (χ2n) is 5.69. The topological polar surface area (TPSA) is 46.5 Å². The highest BCUT2D eigenvalue weighted by atomic mass is 16.5. The number of hydrogen-bond donors (Lipinski definition) is 1. The molecule has 0 heterocycles. The Morgan fingerprint density at radius 2 is 1.88 bits per heavy atom. The molecule has 0 unspecified atom stereocenters. The molecule has 0 aromatic heterocycles. The van der Waals surface area contributed by atoms with E-state index in [9.17, 15) is 9.90 Å². The summed E-state index contributed by atoms with van der Waals surface area (Å²) in [4.78, 5) is 12.0. The molecule has 0 aliphatic carbocycles. The molecule has 0 saturated carbocycles. The molecule has 0 atom stereocenters. The summed E-state index contributed by atoms with van der Waals surface area (Å²) in [6.45, 7) is 2.83. The molecule has 0 amide bonds. The first-order valence-electron chi connectivity index (χ1n) is 8.44. The summed E-state index contributed by atoms with van der Waals surface area (Å²) < 4.78 is 5.63. The zero-order valence-corrected chi connectivity index (χ0v) is 14.1. The summed E-state index contributed by atoms with van der Waals surface area (Å²) in [7, 11) is 0. The van der Waals surface area contributed by atoms with E-state index in [4.69, 9.17) is 4.74 Å². The summed E-state index contributed by atoms with van der Waals surface area (Å²) in [5, 5.41) is 10.1. The van der Waals surface area contributed by atoms with Crippen LogP contribution in [0.5, 0.6) is 11.5 Å². The normalized spacial score (nSPS) is 10.9. The molecule has 2 aromatic rings. The van der Waals surface area contributed by atoms with Gasteiger partial charge in [0, 0.05) is 17.2 Å². The van der Waals surface area contributed by atoms with E-state index in [-0.39, 0.29) is 11.5 Å². The zero-order valence-electron chi connectivity index (χ0n) is 14.1. The highest BCUT2D eigenvalue weighted by Crippen LogP contribution is 2.25. The maximum Gasteiger partial charge on any atom is 0.185 e. The van der Waals surface area contributed by atoms with Crippen molar-refractivity contribution in [1.29, 1.82) is 0 Å². The summed E-state index contributed by atoms with van der Waals surface area (Å²) in [5.41, 5.74) is 1.22. The predicted molar refractivity (Wildman–Crippen MR) is 97.6 cm³/mol. The zero-order chi connectivity index (χ0) is 17.2. The Hall–Kier alpha value is -2.55. The summed E-state index contributed by atoms with van der Waals surface area (Å²) in [6.07, 6.45) is 7.68. The van der Waals surface area contributed by atoms with Gasteiger partial charge in [-0.1, -0.05) is 56.5 Å². The third-order valence-corrected chi connectivity index (χ3v) is 3.74. The van der Waals surface area contributed by atoms with Crippen molar-refractivity contribution in [2.45, 2.75) is 32.6 Å². The molecule has 3 nitrogen and oxygen atoms in total. The second kappa shape index (κ2) is 9.56. The van der Waals surface area contributed by atoms with Crippen LogP contribution in [0.1, 0.15) is 48.5 Å². The Bertz CT molecular complexity index is 675. The van der Waals surface area contributed by atoms with Gasteiger partial charge in [-0.15, -0.1) is 0 Å². The number of unbranched alkanes of at least 4 members (excludes halogenated alkanes) is 3. The predicted octanol–water partition coefficient (Wildman–Crippen LogP) is 5.25. The van der Waals surface area contributed by atoms with Crippen molar-refractivity contribution >= 4 is 11.9 Å². The number of ether oxygens (including phenoxy) is 1. The van der Waals surface area contributed by atoms with E-state index < -0.39 is 0 Å². The number of carbonyl (C=O) groups is 1. The minimum atomic E-state index is -0.0914. The number of rotatable bonds is 9.